The van der Waals surface area contributed by atoms with E-state index in [1.165, 1.54) is 0 Å². The zero-order valence-corrected chi connectivity index (χ0v) is 12.8. The van der Waals surface area contributed by atoms with Crippen molar-refractivity contribution in [1.82, 2.24) is 4.90 Å². The molecule has 2 heterocycles. The lowest BCUT2D eigenvalue weighted by Gasteiger charge is -2.21. The number of hydrogen-bond donors (Lipinski definition) is 1. The summed E-state index contributed by atoms with van der Waals surface area (Å²) in [5, 5.41) is 9.15. The molecule has 21 heavy (non-hydrogen) atoms. The van der Waals surface area contributed by atoms with Crippen molar-refractivity contribution >= 4 is 46.3 Å². The SMILES string of the molecule is CC[C@@H](C(=O)O)N1C(=O)/C(=C\C=C\c2ccco2)SC1=S. The Morgan fingerprint density at radius 3 is 2.95 bits per heavy atom. The number of rotatable bonds is 5. The highest BCUT2D eigenvalue weighted by Crippen LogP contribution is 2.33. The minimum Gasteiger partial charge on any atom is -0.480 e. The first-order valence-corrected chi connectivity index (χ1v) is 7.47. The largest absolute Gasteiger partial charge is 0.480 e. The molecule has 1 saturated heterocycles. The fourth-order valence-corrected chi connectivity index (χ4v) is 3.16. The molecule has 1 aliphatic rings. The van der Waals surface area contributed by atoms with E-state index >= 15 is 0 Å². The fraction of sp³-hybridized carbons (Fsp3) is 0.214. The summed E-state index contributed by atoms with van der Waals surface area (Å²) < 4.78 is 5.40. The first-order chi connectivity index (χ1) is 10.0. The summed E-state index contributed by atoms with van der Waals surface area (Å²) in [5.74, 6) is -0.761. The first-order valence-electron chi connectivity index (χ1n) is 6.24. The summed E-state index contributed by atoms with van der Waals surface area (Å²) in [6, 6.07) is 2.63. The molecule has 0 bridgehead atoms. The maximum absolute atomic E-state index is 12.2. The van der Waals surface area contributed by atoms with E-state index in [2.05, 4.69) is 0 Å². The lowest BCUT2D eigenvalue weighted by molar-refractivity contribution is -0.145. The number of carboxylic acids is 1. The minimum absolute atomic E-state index is 0.270. The van der Waals surface area contributed by atoms with E-state index in [4.69, 9.17) is 21.7 Å². The number of amides is 1. The van der Waals surface area contributed by atoms with Crippen LogP contribution >= 0.6 is 24.0 Å². The van der Waals surface area contributed by atoms with Crippen molar-refractivity contribution in [2.75, 3.05) is 0 Å². The van der Waals surface area contributed by atoms with Crippen molar-refractivity contribution in [3.63, 3.8) is 0 Å². The molecule has 0 spiro atoms. The highest BCUT2D eigenvalue weighted by Gasteiger charge is 2.39. The minimum atomic E-state index is -1.05. The molecule has 1 aliphatic heterocycles. The number of nitrogens with zero attached hydrogens (tertiary/aromatic N) is 1. The van der Waals surface area contributed by atoms with Gasteiger partial charge in [-0.15, -0.1) is 0 Å². The number of thioether (sulfide) groups is 1. The van der Waals surface area contributed by atoms with E-state index in [1.807, 2.05) is 0 Å². The summed E-state index contributed by atoms with van der Waals surface area (Å²) in [7, 11) is 0. The second-order valence-corrected chi connectivity index (χ2v) is 5.89. The summed E-state index contributed by atoms with van der Waals surface area (Å²) in [5.41, 5.74) is 0. The van der Waals surface area contributed by atoms with Gasteiger partial charge in [-0.2, -0.15) is 0 Å². The van der Waals surface area contributed by atoms with Gasteiger partial charge in [0, 0.05) is 0 Å². The van der Waals surface area contributed by atoms with Gasteiger partial charge < -0.3 is 9.52 Å². The predicted molar refractivity (Wildman–Crippen MR) is 84.6 cm³/mol. The summed E-state index contributed by atoms with van der Waals surface area (Å²) in [6.45, 7) is 1.71. The predicted octanol–water partition coefficient (Wildman–Crippen LogP) is 2.90. The van der Waals surface area contributed by atoms with Gasteiger partial charge in [-0.1, -0.05) is 37.0 Å². The molecular weight excluding hydrogens is 310 g/mol. The number of hydrogen-bond acceptors (Lipinski definition) is 5. The molecular formula is C14H13NO4S2. The Balaban J connectivity index is 2.15. The highest BCUT2D eigenvalue weighted by molar-refractivity contribution is 8.26. The molecule has 110 valence electrons. The number of aliphatic carboxylic acids is 1. The van der Waals surface area contributed by atoms with Crippen LogP contribution in [0.1, 0.15) is 19.1 Å². The van der Waals surface area contributed by atoms with Gasteiger partial charge in [0.15, 0.2) is 0 Å². The average Bonchev–Trinajstić information content (AvgIpc) is 3.03. The van der Waals surface area contributed by atoms with Crippen molar-refractivity contribution in [3.8, 4) is 0 Å². The normalized spacial score (nSPS) is 18.9. The Morgan fingerprint density at radius 2 is 2.38 bits per heavy atom. The molecule has 1 aromatic rings. The zero-order chi connectivity index (χ0) is 15.4. The molecule has 5 nitrogen and oxygen atoms in total. The van der Waals surface area contributed by atoms with E-state index in [1.54, 1.807) is 43.5 Å². The maximum atomic E-state index is 12.2. The third-order valence-corrected chi connectivity index (χ3v) is 4.21. The Hall–Kier alpha value is -1.86. The molecule has 7 heteroatoms. The summed E-state index contributed by atoms with van der Waals surface area (Å²) >= 11 is 6.21. The number of carboxylic acid groups (broad SMARTS) is 1. The van der Waals surface area contributed by atoms with Crippen molar-refractivity contribution in [2.24, 2.45) is 0 Å². The van der Waals surface area contributed by atoms with Gasteiger partial charge in [-0.3, -0.25) is 9.69 Å². The topological polar surface area (TPSA) is 70.8 Å². The van der Waals surface area contributed by atoms with Gasteiger partial charge in [0.2, 0.25) is 0 Å². The molecule has 1 fully saturated rings. The molecule has 1 aromatic heterocycles. The third kappa shape index (κ3) is 3.43. The second kappa shape index (κ2) is 6.73. The van der Waals surface area contributed by atoms with Crippen LogP contribution in [0.15, 0.2) is 39.9 Å². The van der Waals surface area contributed by atoms with Gasteiger partial charge >= 0.3 is 5.97 Å². The van der Waals surface area contributed by atoms with Crippen molar-refractivity contribution in [2.45, 2.75) is 19.4 Å². The van der Waals surface area contributed by atoms with Crippen LogP contribution in [-0.2, 0) is 9.59 Å². The molecule has 0 saturated carbocycles. The summed E-state index contributed by atoms with van der Waals surface area (Å²) in [4.78, 5) is 25.0. The van der Waals surface area contributed by atoms with Crippen molar-refractivity contribution in [3.05, 3.63) is 41.2 Å². The Labute approximate surface area is 131 Å². The Bertz CT molecular complexity index is 619. The second-order valence-electron chi connectivity index (χ2n) is 4.21. The molecule has 0 unspecified atom stereocenters. The lowest BCUT2D eigenvalue weighted by Crippen LogP contribution is -2.43. The lowest BCUT2D eigenvalue weighted by atomic mass is 10.2. The zero-order valence-electron chi connectivity index (χ0n) is 11.2. The fourth-order valence-electron chi connectivity index (χ4n) is 1.85. The average molecular weight is 323 g/mol. The van der Waals surface area contributed by atoms with Gasteiger partial charge in [0.1, 0.15) is 16.1 Å². The van der Waals surface area contributed by atoms with E-state index in [9.17, 15) is 9.59 Å². The first kappa shape index (κ1) is 15.5. The van der Waals surface area contributed by atoms with Crippen LogP contribution in [0.25, 0.3) is 6.08 Å². The molecule has 0 aliphatic carbocycles. The monoisotopic (exact) mass is 323 g/mol. The van der Waals surface area contributed by atoms with Crippen molar-refractivity contribution in [1.29, 1.82) is 0 Å². The summed E-state index contributed by atoms with van der Waals surface area (Å²) in [6.07, 6.45) is 6.85. The van der Waals surface area contributed by atoms with Crippen LogP contribution in [0, 0.1) is 0 Å². The number of carbonyl (C=O) groups is 2. The van der Waals surface area contributed by atoms with Crippen LogP contribution in [0.5, 0.6) is 0 Å². The highest BCUT2D eigenvalue weighted by atomic mass is 32.2. The molecule has 1 amide bonds. The Morgan fingerprint density at radius 1 is 1.62 bits per heavy atom. The van der Waals surface area contributed by atoms with Gasteiger partial charge in [-0.05, 0) is 30.7 Å². The van der Waals surface area contributed by atoms with Crippen LogP contribution in [0.2, 0.25) is 0 Å². The van der Waals surface area contributed by atoms with E-state index in [0.717, 1.165) is 16.7 Å². The van der Waals surface area contributed by atoms with Gasteiger partial charge in [0.05, 0.1) is 11.2 Å². The number of allylic oxidation sites excluding steroid dienone is 2. The number of thiocarbonyl (C=S) groups is 1. The standard InChI is InChI=1S/C14H13NO4S2/c1-2-10(13(17)18)15-12(16)11(21-14(15)20)7-3-5-9-6-4-8-19-9/h3-8,10H,2H2,1H3,(H,17,18)/b5-3+,11-7+/t10-/m0/s1. The van der Waals surface area contributed by atoms with Crippen LogP contribution in [-0.4, -0.2) is 32.2 Å². The van der Waals surface area contributed by atoms with Gasteiger partial charge in [0.25, 0.3) is 5.91 Å². The molecule has 2 rings (SSSR count). The number of furan rings is 1. The maximum Gasteiger partial charge on any atom is 0.326 e. The van der Waals surface area contributed by atoms with E-state index < -0.39 is 12.0 Å². The van der Waals surface area contributed by atoms with Crippen LogP contribution < -0.4 is 0 Å². The Kier molecular flexibility index (Phi) is 4.98. The molecule has 1 N–H and O–H groups in total. The number of carbonyl (C=O) groups excluding carboxylic acids is 1. The van der Waals surface area contributed by atoms with Crippen LogP contribution in [0.4, 0.5) is 0 Å². The van der Waals surface area contributed by atoms with E-state index in [-0.39, 0.29) is 10.2 Å². The van der Waals surface area contributed by atoms with Crippen molar-refractivity contribution < 1.29 is 19.1 Å². The smallest absolute Gasteiger partial charge is 0.326 e. The van der Waals surface area contributed by atoms with Gasteiger partial charge in [-0.25, -0.2) is 4.79 Å². The van der Waals surface area contributed by atoms with Crippen LogP contribution in [0.3, 0.4) is 0 Å². The van der Waals surface area contributed by atoms with E-state index in [0.29, 0.717) is 17.1 Å². The quantitative estimate of drug-likeness (QED) is 0.663. The molecule has 0 aromatic carbocycles. The third-order valence-electron chi connectivity index (χ3n) is 2.86. The molecule has 1 atom stereocenters. The molecule has 0 radical (unpaired) electrons.